The van der Waals surface area contributed by atoms with Gasteiger partial charge in [0.05, 0.1) is 0 Å². The van der Waals surface area contributed by atoms with E-state index >= 15 is 0 Å². The topological polar surface area (TPSA) is 3.24 Å². The van der Waals surface area contributed by atoms with E-state index in [1.807, 2.05) is 0 Å². The Bertz CT molecular complexity index is 214. The predicted molar refractivity (Wildman–Crippen MR) is 64.2 cm³/mol. The van der Waals surface area contributed by atoms with Crippen LogP contribution in [0.4, 0.5) is 0 Å². The van der Waals surface area contributed by atoms with Crippen LogP contribution in [-0.4, -0.2) is 24.5 Å². The van der Waals surface area contributed by atoms with Gasteiger partial charge < -0.3 is 4.90 Å². The van der Waals surface area contributed by atoms with Gasteiger partial charge in [-0.25, -0.2) is 0 Å². The smallest absolute Gasteiger partial charge is 0.0361 e. The molecule has 1 nitrogen and oxygen atoms in total. The zero-order chi connectivity index (χ0) is 10.6. The lowest BCUT2D eigenvalue weighted by atomic mass is 9.90. The van der Waals surface area contributed by atoms with Crippen molar-refractivity contribution in [1.29, 1.82) is 0 Å². The second kappa shape index (κ2) is 4.97. The maximum Gasteiger partial charge on any atom is 0.0361 e. The second-order valence-electron chi connectivity index (χ2n) is 3.92. The highest BCUT2D eigenvalue weighted by Gasteiger charge is 2.23. The number of nitrogens with zero attached hydrogens (tertiary/aromatic N) is 1. The fourth-order valence-electron chi connectivity index (χ4n) is 1.19. The van der Waals surface area contributed by atoms with Crippen LogP contribution in [0.15, 0.2) is 22.7 Å². The first-order valence-corrected chi connectivity index (χ1v) is 5.34. The minimum Gasteiger partial charge on any atom is -0.301 e. The summed E-state index contributed by atoms with van der Waals surface area (Å²) in [6, 6.07) is 0. The number of likely N-dealkylation sites (N-methyl/N-ethyl adjacent to an activating group) is 1. The molecule has 0 heterocycles. The van der Waals surface area contributed by atoms with Gasteiger partial charge in [0.2, 0.25) is 0 Å². The Kier molecular flexibility index (Phi) is 4.93. The molecule has 0 aromatic heterocycles. The molecule has 0 unspecified atom stereocenters. The molecule has 0 N–H and O–H groups in total. The Morgan fingerprint density at radius 1 is 1.46 bits per heavy atom. The molecule has 0 aliphatic carbocycles. The summed E-state index contributed by atoms with van der Waals surface area (Å²) in [4.78, 5) is 2.22. The third-order valence-corrected chi connectivity index (χ3v) is 2.84. The Labute approximate surface area is 90.6 Å². The lowest BCUT2D eigenvalue weighted by Crippen LogP contribution is -2.39. The van der Waals surface area contributed by atoms with Crippen LogP contribution in [0.5, 0.6) is 0 Å². The lowest BCUT2D eigenvalue weighted by molar-refractivity contribution is 0.233. The van der Waals surface area contributed by atoms with E-state index in [1.165, 1.54) is 5.57 Å². The molecular weight excluding hydrogens is 226 g/mol. The minimum absolute atomic E-state index is 0.103. The number of rotatable bonds is 4. The van der Waals surface area contributed by atoms with Gasteiger partial charge in [-0.1, -0.05) is 29.4 Å². The van der Waals surface area contributed by atoms with Gasteiger partial charge >= 0.3 is 0 Å². The first-order chi connectivity index (χ1) is 5.82. The summed E-state index contributed by atoms with van der Waals surface area (Å²) < 4.78 is 0.944. The van der Waals surface area contributed by atoms with Crippen LogP contribution in [0.1, 0.15) is 27.2 Å². The van der Waals surface area contributed by atoms with Crippen molar-refractivity contribution in [3.05, 3.63) is 22.7 Å². The molecule has 0 saturated heterocycles. The van der Waals surface area contributed by atoms with E-state index in [4.69, 9.17) is 0 Å². The van der Waals surface area contributed by atoms with Crippen molar-refractivity contribution in [3.8, 4) is 0 Å². The molecule has 0 amide bonds. The van der Waals surface area contributed by atoms with Crippen LogP contribution in [0, 0.1) is 0 Å². The van der Waals surface area contributed by atoms with Crippen LogP contribution < -0.4 is 0 Å². The Morgan fingerprint density at radius 2 is 1.92 bits per heavy atom. The third kappa shape index (κ3) is 3.65. The zero-order valence-electron chi connectivity index (χ0n) is 9.32. The Balaban J connectivity index is 4.87. The molecule has 0 spiro atoms. The Morgan fingerprint density at radius 3 is 2.15 bits per heavy atom. The van der Waals surface area contributed by atoms with E-state index in [1.54, 1.807) is 0 Å². The highest BCUT2D eigenvalue weighted by atomic mass is 79.9. The molecule has 0 radical (unpaired) electrons. The lowest BCUT2D eigenvalue weighted by Gasteiger charge is -2.35. The molecule has 0 fully saturated rings. The quantitative estimate of drug-likeness (QED) is 0.685. The van der Waals surface area contributed by atoms with Gasteiger partial charge in [-0.15, -0.1) is 0 Å². The van der Waals surface area contributed by atoms with Gasteiger partial charge in [0, 0.05) is 10.0 Å². The highest BCUT2D eigenvalue weighted by molar-refractivity contribution is 9.11. The highest BCUT2D eigenvalue weighted by Crippen LogP contribution is 2.26. The molecule has 2 heteroatoms. The van der Waals surface area contributed by atoms with Crippen molar-refractivity contribution in [2.45, 2.75) is 32.7 Å². The van der Waals surface area contributed by atoms with Crippen molar-refractivity contribution < 1.29 is 0 Å². The van der Waals surface area contributed by atoms with Crippen LogP contribution in [-0.2, 0) is 0 Å². The molecule has 0 rings (SSSR count). The average molecular weight is 246 g/mol. The summed E-state index contributed by atoms with van der Waals surface area (Å²) in [5.41, 5.74) is 1.49. The van der Waals surface area contributed by atoms with Crippen molar-refractivity contribution in [1.82, 2.24) is 4.90 Å². The van der Waals surface area contributed by atoms with E-state index in [9.17, 15) is 0 Å². The van der Waals surface area contributed by atoms with Gasteiger partial charge in [-0.3, -0.25) is 0 Å². The van der Waals surface area contributed by atoms with Crippen molar-refractivity contribution in [2.24, 2.45) is 0 Å². The van der Waals surface area contributed by atoms with Crippen molar-refractivity contribution in [3.63, 3.8) is 0 Å². The molecule has 13 heavy (non-hydrogen) atoms. The molecule has 0 aromatic carbocycles. The molecule has 0 aromatic rings. The molecule has 0 saturated carbocycles. The van der Waals surface area contributed by atoms with Crippen LogP contribution in [0.3, 0.4) is 0 Å². The number of allylic oxidation sites excluding steroid dienone is 2. The maximum atomic E-state index is 3.84. The molecule has 0 aliphatic rings. The fourth-order valence-corrected chi connectivity index (χ4v) is 1.46. The second-order valence-corrected chi connectivity index (χ2v) is 4.94. The van der Waals surface area contributed by atoms with Crippen molar-refractivity contribution in [2.75, 3.05) is 14.1 Å². The maximum absolute atomic E-state index is 3.84. The SMILES string of the molecule is C=C(Br)/C=C(\CC)C(C)(C)N(C)C. The molecular formula is C11H20BrN. The van der Waals surface area contributed by atoms with E-state index in [-0.39, 0.29) is 5.54 Å². The van der Waals surface area contributed by atoms with E-state index < -0.39 is 0 Å². The summed E-state index contributed by atoms with van der Waals surface area (Å²) in [5, 5.41) is 0. The van der Waals surface area contributed by atoms with E-state index in [0.717, 1.165) is 10.9 Å². The largest absolute Gasteiger partial charge is 0.301 e. The first-order valence-electron chi connectivity index (χ1n) is 4.55. The minimum atomic E-state index is 0.103. The summed E-state index contributed by atoms with van der Waals surface area (Å²) in [6.07, 6.45) is 3.16. The third-order valence-electron chi connectivity index (χ3n) is 2.62. The van der Waals surface area contributed by atoms with Crippen LogP contribution >= 0.6 is 15.9 Å². The van der Waals surface area contributed by atoms with Crippen LogP contribution in [0.2, 0.25) is 0 Å². The first kappa shape index (κ1) is 12.9. The summed E-state index contributed by atoms with van der Waals surface area (Å²) in [5.74, 6) is 0. The number of halogens is 1. The van der Waals surface area contributed by atoms with Gasteiger partial charge in [-0.05, 0) is 46.0 Å². The van der Waals surface area contributed by atoms with Gasteiger partial charge in [0.1, 0.15) is 0 Å². The van der Waals surface area contributed by atoms with Gasteiger partial charge in [0.25, 0.3) is 0 Å². The molecule has 0 aliphatic heterocycles. The van der Waals surface area contributed by atoms with Crippen molar-refractivity contribution >= 4 is 15.9 Å². The predicted octanol–water partition coefficient (Wildman–Crippen LogP) is 3.57. The normalized spacial score (nSPS) is 13.6. The van der Waals surface area contributed by atoms with Gasteiger partial charge in [0.15, 0.2) is 0 Å². The monoisotopic (exact) mass is 245 g/mol. The summed E-state index contributed by atoms with van der Waals surface area (Å²) in [6.45, 7) is 10.5. The molecule has 0 bridgehead atoms. The summed E-state index contributed by atoms with van der Waals surface area (Å²) >= 11 is 3.37. The molecule has 76 valence electrons. The number of hydrogen-bond donors (Lipinski definition) is 0. The van der Waals surface area contributed by atoms with Crippen LogP contribution in [0.25, 0.3) is 0 Å². The standard InChI is InChI=1S/C11H20BrN/c1-7-10(8-9(2)12)11(3,4)13(5)6/h8H,2,7H2,1,3-6H3/b10-8+. The summed E-state index contributed by atoms with van der Waals surface area (Å²) in [7, 11) is 4.20. The van der Waals surface area contributed by atoms with Gasteiger partial charge in [-0.2, -0.15) is 0 Å². The zero-order valence-corrected chi connectivity index (χ0v) is 10.9. The fraction of sp³-hybridized carbons (Fsp3) is 0.636. The molecule has 0 atom stereocenters. The van der Waals surface area contributed by atoms with E-state index in [0.29, 0.717) is 0 Å². The Hall–Kier alpha value is -0.0800. The van der Waals surface area contributed by atoms with E-state index in [2.05, 4.69) is 68.4 Å². The number of hydrogen-bond acceptors (Lipinski definition) is 1. The average Bonchev–Trinajstić information content (AvgIpc) is 1.99.